The zero-order valence-electron chi connectivity index (χ0n) is 9.23. The van der Waals surface area contributed by atoms with Gasteiger partial charge in [0.15, 0.2) is 0 Å². The molecular formula is C12H16O2S. The van der Waals surface area contributed by atoms with Crippen molar-refractivity contribution < 1.29 is 9.90 Å². The van der Waals surface area contributed by atoms with Gasteiger partial charge in [0.25, 0.3) is 0 Å². The molecule has 0 amide bonds. The Kier molecular flexibility index (Phi) is 4.21. The Labute approximate surface area is 94.7 Å². The molecule has 0 aliphatic rings. The van der Waals surface area contributed by atoms with Crippen molar-refractivity contribution in [2.24, 2.45) is 0 Å². The SMILES string of the molecule is CC(Sc1ccc(C(C)C)cc1)C(=O)O. The Morgan fingerprint density at radius 3 is 2.13 bits per heavy atom. The highest BCUT2D eigenvalue weighted by Crippen LogP contribution is 2.25. The number of thioether (sulfide) groups is 1. The van der Waals surface area contributed by atoms with Crippen LogP contribution < -0.4 is 0 Å². The van der Waals surface area contributed by atoms with E-state index in [1.54, 1.807) is 6.92 Å². The minimum Gasteiger partial charge on any atom is -0.480 e. The molecule has 15 heavy (non-hydrogen) atoms. The third kappa shape index (κ3) is 3.59. The number of benzene rings is 1. The van der Waals surface area contributed by atoms with Gasteiger partial charge in [-0.25, -0.2) is 0 Å². The van der Waals surface area contributed by atoms with Gasteiger partial charge >= 0.3 is 5.97 Å². The lowest BCUT2D eigenvalue weighted by Gasteiger charge is -2.08. The van der Waals surface area contributed by atoms with Crippen LogP contribution in [0.15, 0.2) is 29.2 Å². The molecule has 0 aliphatic heterocycles. The van der Waals surface area contributed by atoms with E-state index in [1.807, 2.05) is 12.1 Å². The van der Waals surface area contributed by atoms with Crippen molar-refractivity contribution in [3.63, 3.8) is 0 Å². The largest absolute Gasteiger partial charge is 0.480 e. The first kappa shape index (κ1) is 12.1. The van der Waals surface area contributed by atoms with Gasteiger partial charge < -0.3 is 5.11 Å². The first-order valence-electron chi connectivity index (χ1n) is 5.00. The molecule has 0 saturated carbocycles. The maximum absolute atomic E-state index is 10.7. The van der Waals surface area contributed by atoms with E-state index in [1.165, 1.54) is 17.3 Å². The van der Waals surface area contributed by atoms with E-state index in [0.717, 1.165) is 4.90 Å². The summed E-state index contributed by atoms with van der Waals surface area (Å²) in [6.07, 6.45) is 0. The quantitative estimate of drug-likeness (QED) is 0.797. The van der Waals surface area contributed by atoms with Crippen molar-refractivity contribution in [3.8, 4) is 0 Å². The monoisotopic (exact) mass is 224 g/mol. The first-order valence-corrected chi connectivity index (χ1v) is 5.88. The standard InChI is InChI=1S/C12H16O2S/c1-8(2)10-4-6-11(7-5-10)15-9(3)12(13)14/h4-9H,1-3H3,(H,13,14). The number of aliphatic carboxylic acids is 1. The lowest BCUT2D eigenvalue weighted by Crippen LogP contribution is -2.10. The fourth-order valence-electron chi connectivity index (χ4n) is 1.19. The summed E-state index contributed by atoms with van der Waals surface area (Å²) in [6, 6.07) is 8.09. The highest BCUT2D eigenvalue weighted by molar-refractivity contribution is 8.00. The van der Waals surface area contributed by atoms with Gasteiger partial charge in [0.2, 0.25) is 0 Å². The number of carbonyl (C=O) groups is 1. The molecule has 0 heterocycles. The van der Waals surface area contributed by atoms with Crippen LogP contribution in [0.3, 0.4) is 0 Å². The topological polar surface area (TPSA) is 37.3 Å². The minimum absolute atomic E-state index is 0.394. The molecule has 82 valence electrons. The van der Waals surface area contributed by atoms with Crippen LogP contribution >= 0.6 is 11.8 Å². The van der Waals surface area contributed by atoms with E-state index < -0.39 is 11.2 Å². The zero-order valence-corrected chi connectivity index (χ0v) is 10.0. The molecule has 0 aliphatic carbocycles. The Balaban J connectivity index is 2.68. The van der Waals surface area contributed by atoms with Crippen molar-refractivity contribution in [2.75, 3.05) is 0 Å². The highest BCUT2D eigenvalue weighted by atomic mass is 32.2. The molecule has 0 spiro atoms. The van der Waals surface area contributed by atoms with E-state index in [2.05, 4.69) is 26.0 Å². The van der Waals surface area contributed by atoms with Crippen LogP contribution in [0, 0.1) is 0 Å². The van der Waals surface area contributed by atoms with E-state index in [0.29, 0.717) is 5.92 Å². The lowest BCUT2D eigenvalue weighted by atomic mass is 10.0. The summed E-state index contributed by atoms with van der Waals surface area (Å²) in [6.45, 7) is 5.98. The molecule has 1 aromatic rings. The normalized spacial score (nSPS) is 12.8. The number of carboxylic acids is 1. The van der Waals surface area contributed by atoms with Gasteiger partial charge in [0, 0.05) is 4.90 Å². The van der Waals surface area contributed by atoms with Crippen molar-refractivity contribution in [3.05, 3.63) is 29.8 Å². The van der Waals surface area contributed by atoms with E-state index in [9.17, 15) is 4.79 Å². The summed E-state index contributed by atoms with van der Waals surface area (Å²) in [7, 11) is 0. The van der Waals surface area contributed by atoms with E-state index in [-0.39, 0.29) is 0 Å². The maximum Gasteiger partial charge on any atom is 0.316 e. The van der Waals surface area contributed by atoms with Gasteiger partial charge in [-0.3, -0.25) is 4.79 Å². The molecule has 0 fully saturated rings. The molecule has 1 atom stereocenters. The lowest BCUT2D eigenvalue weighted by molar-refractivity contribution is -0.136. The van der Waals surface area contributed by atoms with Crippen LogP contribution in [0.1, 0.15) is 32.3 Å². The number of carboxylic acid groups (broad SMARTS) is 1. The molecule has 1 rings (SSSR count). The molecule has 0 saturated heterocycles. The fourth-order valence-corrected chi connectivity index (χ4v) is 1.99. The molecule has 1 aromatic carbocycles. The van der Waals surface area contributed by atoms with Gasteiger partial charge in [-0.05, 0) is 30.5 Å². The van der Waals surface area contributed by atoms with E-state index >= 15 is 0 Å². The average molecular weight is 224 g/mol. The summed E-state index contributed by atoms with van der Waals surface area (Å²) in [5.41, 5.74) is 1.28. The second-order valence-electron chi connectivity index (χ2n) is 3.82. The van der Waals surface area contributed by atoms with Crippen molar-refractivity contribution in [1.82, 2.24) is 0 Å². The van der Waals surface area contributed by atoms with Crippen LogP contribution in [0.25, 0.3) is 0 Å². The highest BCUT2D eigenvalue weighted by Gasteiger charge is 2.12. The Morgan fingerprint density at radius 2 is 1.73 bits per heavy atom. The number of hydrogen-bond donors (Lipinski definition) is 1. The van der Waals surface area contributed by atoms with Crippen LogP contribution in [-0.2, 0) is 4.79 Å². The number of hydrogen-bond acceptors (Lipinski definition) is 2. The van der Waals surface area contributed by atoms with Crippen LogP contribution in [0.5, 0.6) is 0 Å². The smallest absolute Gasteiger partial charge is 0.316 e. The second-order valence-corrected chi connectivity index (χ2v) is 5.24. The molecular weight excluding hydrogens is 208 g/mol. The molecule has 1 N–H and O–H groups in total. The maximum atomic E-state index is 10.7. The third-order valence-corrected chi connectivity index (χ3v) is 3.31. The summed E-state index contributed by atoms with van der Waals surface area (Å²) in [4.78, 5) is 11.7. The molecule has 3 heteroatoms. The van der Waals surface area contributed by atoms with Crippen molar-refractivity contribution >= 4 is 17.7 Å². The van der Waals surface area contributed by atoms with Crippen molar-refractivity contribution in [2.45, 2.75) is 36.8 Å². The Bertz CT molecular complexity index is 330. The molecule has 0 bridgehead atoms. The van der Waals surface area contributed by atoms with E-state index in [4.69, 9.17) is 5.11 Å². The molecule has 0 radical (unpaired) electrons. The average Bonchev–Trinajstić information content (AvgIpc) is 2.18. The van der Waals surface area contributed by atoms with Gasteiger partial charge in [0.05, 0.1) is 0 Å². The summed E-state index contributed by atoms with van der Waals surface area (Å²) >= 11 is 1.37. The predicted molar refractivity (Wildman–Crippen MR) is 63.5 cm³/mol. The molecule has 0 aromatic heterocycles. The molecule has 2 nitrogen and oxygen atoms in total. The fraction of sp³-hybridized carbons (Fsp3) is 0.417. The second kappa shape index (κ2) is 5.21. The van der Waals surface area contributed by atoms with Gasteiger partial charge in [-0.1, -0.05) is 26.0 Å². The minimum atomic E-state index is -0.770. The Hall–Kier alpha value is -0.960. The zero-order chi connectivity index (χ0) is 11.4. The van der Waals surface area contributed by atoms with Gasteiger partial charge in [0.1, 0.15) is 5.25 Å². The summed E-state index contributed by atoms with van der Waals surface area (Å²) in [5, 5.41) is 8.37. The Morgan fingerprint density at radius 1 is 1.20 bits per heavy atom. The van der Waals surface area contributed by atoms with Gasteiger partial charge in [-0.2, -0.15) is 0 Å². The van der Waals surface area contributed by atoms with Crippen LogP contribution in [-0.4, -0.2) is 16.3 Å². The first-order chi connectivity index (χ1) is 7.00. The van der Waals surface area contributed by atoms with Crippen molar-refractivity contribution in [1.29, 1.82) is 0 Å². The van der Waals surface area contributed by atoms with Crippen LogP contribution in [0.2, 0.25) is 0 Å². The summed E-state index contributed by atoms with van der Waals surface area (Å²) in [5.74, 6) is -0.256. The predicted octanol–water partition coefficient (Wildman–Crippen LogP) is 3.38. The number of rotatable bonds is 4. The van der Waals surface area contributed by atoms with Crippen LogP contribution in [0.4, 0.5) is 0 Å². The molecule has 1 unspecified atom stereocenters. The third-order valence-electron chi connectivity index (χ3n) is 2.21. The summed E-state index contributed by atoms with van der Waals surface area (Å²) < 4.78 is 0. The van der Waals surface area contributed by atoms with Gasteiger partial charge in [-0.15, -0.1) is 11.8 Å².